The Hall–Kier alpha value is -2.95. The summed E-state index contributed by atoms with van der Waals surface area (Å²) in [5.74, 6) is 1.83. The molecule has 0 radical (unpaired) electrons. The molecule has 0 aliphatic carbocycles. The van der Waals surface area contributed by atoms with Gasteiger partial charge in [-0.25, -0.2) is 9.97 Å². The summed E-state index contributed by atoms with van der Waals surface area (Å²) in [6.07, 6.45) is 0. The summed E-state index contributed by atoms with van der Waals surface area (Å²) in [6.45, 7) is 4.66. The normalized spacial score (nSPS) is 14.8. The second-order valence-electron chi connectivity index (χ2n) is 6.25. The minimum absolute atomic E-state index is 0.136. The first-order chi connectivity index (χ1) is 12.2. The molecular weight excluding hydrogens is 312 g/mol. The average molecular weight is 332 g/mol. The van der Waals surface area contributed by atoms with Crippen LogP contribution in [0.25, 0.3) is 22.3 Å². The van der Waals surface area contributed by atoms with Gasteiger partial charge in [-0.15, -0.1) is 0 Å². The number of amides is 1. The molecule has 0 spiro atoms. The molecule has 1 saturated heterocycles. The number of hydrogen-bond acceptors (Lipinski definition) is 4. The van der Waals surface area contributed by atoms with Crippen LogP contribution in [-0.2, 0) is 4.79 Å². The van der Waals surface area contributed by atoms with Crippen LogP contribution in [0.4, 0.5) is 5.82 Å². The molecule has 0 N–H and O–H groups in total. The molecule has 126 valence electrons. The van der Waals surface area contributed by atoms with Crippen molar-refractivity contribution in [2.24, 2.45) is 0 Å². The number of rotatable bonds is 2. The fraction of sp³-hybridized carbons (Fsp3) is 0.250. The maximum Gasteiger partial charge on any atom is 0.219 e. The van der Waals surface area contributed by atoms with Crippen molar-refractivity contribution in [2.45, 2.75) is 6.92 Å². The van der Waals surface area contributed by atoms with Crippen LogP contribution < -0.4 is 4.90 Å². The van der Waals surface area contributed by atoms with E-state index in [1.54, 1.807) is 6.92 Å². The Kier molecular flexibility index (Phi) is 4.06. The molecule has 4 rings (SSSR count). The van der Waals surface area contributed by atoms with Gasteiger partial charge in [0, 0.05) is 44.1 Å². The summed E-state index contributed by atoms with van der Waals surface area (Å²) in [5, 5.41) is 1.05. The van der Waals surface area contributed by atoms with E-state index < -0.39 is 0 Å². The van der Waals surface area contributed by atoms with Gasteiger partial charge in [0.1, 0.15) is 5.82 Å². The number of benzene rings is 2. The van der Waals surface area contributed by atoms with Crippen LogP contribution in [0.2, 0.25) is 0 Å². The van der Waals surface area contributed by atoms with E-state index in [2.05, 4.69) is 11.0 Å². The molecule has 2 aromatic carbocycles. The van der Waals surface area contributed by atoms with E-state index in [-0.39, 0.29) is 5.91 Å². The van der Waals surface area contributed by atoms with Gasteiger partial charge in [-0.2, -0.15) is 0 Å². The van der Waals surface area contributed by atoms with Crippen LogP contribution in [0.5, 0.6) is 0 Å². The van der Waals surface area contributed by atoms with Crippen molar-refractivity contribution in [1.29, 1.82) is 0 Å². The Labute approximate surface area is 146 Å². The zero-order chi connectivity index (χ0) is 17.2. The lowest BCUT2D eigenvalue weighted by Gasteiger charge is -2.35. The van der Waals surface area contributed by atoms with Gasteiger partial charge in [0.25, 0.3) is 0 Å². The number of anilines is 1. The summed E-state index contributed by atoms with van der Waals surface area (Å²) in [7, 11) is 0. The highest BCUT2D eigenvalue weighted by atomic mass is 16.2. The molecule has 1 aliphatic rings. The van der Waals surface area contributed by atoms with E-state index in [0.29, 0.717) is 0 Å². The molecule has 0 saturated carbocycles. The number of para-hydroxylation sites is 1. The van der Waals surface area contributed by atoms with E-state index in [4.69, 9.17) is 9.97 Å². The first-order valence-corrected chi connectivity index (χ1v) is 8.55. The molecule has 1 aliphatic heterocycles. The quantitative estimate of drug-likeness (QED) is 0.724. The van der Waals surface area contributed by atoms with Gasteiger partial charge >= 0.3 is 0 Å². The number of aromatic nitrogens is 2. The highest BCUT2D eigenvalue weighted by Gasteiger charge is 2.22. The number of carbonyl (C=O) groups is 1. The zero-order valence-corrected chi connectivity index (χ0v) is 14.2. The predicted molar refractivity (Wildman–Crippen MR) is 99.4 cm³/mol. The molecule has 5 nitrogen and oxygen atoms in total. The molecule has 0 unspecified atom stereocenters. The lowest BCUT2D eigenvalue weighted by molar-refractivity contribution is -0.129. The van der Waals surface area contributed by atoms with Gasteiger partial charge in [-0.05, 0) is 12.1 Å². The average Bonchev–Trinajstić information content (AvgIpc) is 2.68. The third-order valence-corrected chi connectivity index (χ3v) is 4.64. The molecular formula is C20H20N4O. The van der Waals surface area contributed by atoms with Crippen molar-refractivity contribution in [3.05, 3.63) is 54.6 Å². The van der Waals surface area contributed by atoms with Crippen LogP contribution in [0.1, 0.15) is 6.92 Å². The number of piperazine rings is 1. The Bertz CT molecular complexity index is 902. The van der Waals surface area contributed by atoms with E-state index in [0.717, 1.165) is 54.3 Å². The van der Waals surface area contributed by atoms with Crippen LogP contribution in [0, 0.1) is 0 Å². The van der Waals surface area contributed by atoms with E-state index >= 15 is 0 Å². The molecule has 2 heterocycles. The van der Waals surface area contributed by atoms with Gasteiger partial charge in [-0.3, -0.25) is 4.79 Å². The zero-order valence-electron chi connectivity index (χ0n) is 14.2. The molecule has 25 heavy (non-hydrogen) atoms. The summed E-state index contributed by atoms with van der Waals surface area (Å²) in [6, 6.07) is 18.2. The number of nitrogens with zero attached hydrogens (tertiary/aromatic N) is 4. The SMILES string of the molecule is CC(=O)N1CCN(c2nc(-c3ccccc3)nc3ccccc23)CC1. The Morgan fingerprint density at radius 3 is 2.28 bits per heavy atom. The third kappa shape index (κ3) is 3.05. The van der Waals surface area contributed by atoms with Crippen molar-refractivity contribution >= 4 is 22.6 Å². The molecule has 1 fully saturated rings. The molecule has 0 atom stereocenters. The van der Waals surface area contributed by atoms with Crippen LogP contribution in [0.3, 0.4) is 0 Å². The summed E-state index contributed by atoms with van der Waals surface area (Å²) < 4.78 is 0. The highest BCUT2D eigenvalue weighted by molar-refractivity contribution is 5.91. The maximum absolute atomic E-state index is 11.6. The number of fused-ring (bicyclic) bond motifs is 1. The van der Waals surface area contributed by atoms with Crippen molar-refractivity contribution in [1.82, 2.24) is 14.9 Å². The molecule has 3 aromatic rings. The van der Waals surface area contributed by atoms with Gasteiger partial charge in [-0.1, -0.05) is 42.5 Å². The van der Waals surface area contributed by atoms with E-state index in [1.165, 1.54) is 0 Å². The summed E-state index contributed by atoms with van der Waals surface area (Å²) in [4.78, 5) is 25.3. The Morgan fingerprint density at radius 2 is 1.56 bits per heavy atom. The van der Waals surface area contributed by atoms with E-state index in [1.807, 2.05) is 53.4 Å². The van der Waals surface area contributed by atoms with Crippen molar-refractivity contribution in [3.8, 4) is 11.4 Å². The lowest BCUT2D eigenvalue weighted by atomic mass is 10.1. The number of carbonyl (C=O) groups excluding carboxylic acids is 1. The van der Waals surface area contributed by atoms with Gasteiger partial charge in [0.2, 0.25) is 5.91 Å². The first kappa shape index (κ1) is 15.6. The fourth-order valence-corrected chi connectivity index (χ4v) is 3.25. The largest absolute Gasteiger partial charge is 0.352 e. The van der Waals surface area contributed by atoms with Crippen molar-refractivity contribution in [2.75, 3.05) is 31.1 Å². The molecule has 0 bridgehead atoms. The monoisotopic (exact) mass is 332 g/mol. The molecule has 5 heteroatoms. The summed E-state index contributed by atoms with van der Waals surface area (Å²) in [5.41, 5.74) is 1.96. The van der Waals surface area contributed by atoms with Crippen LogP contribution in [0.15, 0.2) is 54.6 Å². The van der Waals surface area contributed by atoms with Crippen molar-refractivity contribution in [3.63, 3.8) is 0 Å². The highest BCUT2D eigenvalue weighted by Crippen LogP contribution is 2.28. The number of hydrogen-bond donors (Lipinski definition) is 0. The van der Waals surface area contributed by atoms with Crippen LogP contribution >= 0.6 is 0 Å². The smallest absolute Gasteiger partial charge is 0.219 e. The second kappa shape index (κ2) is 6.51. The second-order valence-corrected chi connectivity index (χ2v) is 6.25. The first-order valence-electron chi connectivity index (χ1n) is 8.55. The van der Waals surface area contributed by atoms with Crippen molar-refractivity contribution < 1.29 is 4.79 Å². The Balaban J connectivity index is 1.76. The van der Waals surface area contributed by atoms with Crippen LogP contribution in [-0.4, -0.2) is 47.0 Å². The Morgan fingerprint density at radius 1 is 0.880 bits per heavy atom. The third-order valence-electron chi connectivity index (χ3n) is 4.64. The molecule has 1 amide bonds. The minimum atomic E-state index is 0.136. The maximum atomic E-state index is 11.6. The minimum Gasteiger partial charge on any atom is -0.352 e. The predicted octanol–water partition coefficient (Wildman–Crippen LogP) is 2.97. The van der Waals surface area contributed by atoms with Gasteiger partial charge in [0.15, 0.2) is 5.82 Å². The topological polar surface area (TPSA) is 49.3 Å². The standard InChI is InChI=1S/C20H20N4O/c1-15(25)23-11-13-24(14-12-23)20-17-9-5-6-10-18(17)21-19(22-20)16-7-3-2-4-8-16/h2-10H,11-14H2,1H3. The lowest BCUT2D eigenvalue weighted by Crippen LogP contribution is -2.48. The van der Waals surface area contributed by atoms with E-state index in [9.17, 15) is 4.79 Å². The van der Waals surface area contributed by atoms with Gasteiger partial charge < -0.3 is 9.80 Å². The summed E-state index contributed by atoms with van der Waals surface area (Å²) >= 11 is 0. The van der Waals surface area contributed by atoms with Gasteiger partial charge in [0.05, 0.1) is 5.52 Å². The fourth-order valence-electron chi connectivity index (χ4n) is 3.25. The molecule has 1 aromatic heterocycles.